The first-order valence-electron chi connectivity index (χ1n) is 10.4. The summed E-state index contributed by atoms with van der Waals surface area (Å²) in [5.74, 6) is 0.235. The van der Waals surface area contributed by atoms with Crippen LogP contribution in [0.5, 0.6) is 0 Å². The number of amides is 1. The summed E-state index contributed by atoms with van der Waals surface area (Å²) in [5, 5.41) is 2.73. The Morgan fingerprint density at radius 3 is 2.62 bits per heavy atom. The first kappa shape index (κ1) is 19.8. The zero-order valence-corrected chi connectivity index (χ0v) is 17.1. The molecule has 4 rings (SSSR count). The molecule has 1 amide bonds. The monoisotopic (exact) mass is 395 g/mol. The van der Waals surface area contributed by atoms with Crippen molar-refractivity contribution in [1.82, 2.24) is 19.8 Å². The standard InChI is InChI=1S/C22H29N5O2/c1-15(2)17-11-19(21(28)24-13-17)22(29)25-20-6-3-16(12-23-20)14-26-7-9-27(10-8-26)18-4-5-18/h3,6,11-13,15,18H,4-5,7-10,14H2,1-2H3,(H,24,28)(H,23,25,29). The molecule has 2 aliphatic rings. The van der Waals surface area contributed by atoms with Gasteiger partial charge in [-0.3, -0.25) is 19.4 Å². The molecule has 154 valence electrons. The Morgan fingerprint density at radius 1 is 1.24 bits per heavy atom. The topological polar surface area (TPSA) is 81.3 Å². The Morgan fingerprint density at radius 2 is 2.00 bits per heavy atom. The second-order valence-corrected chi connectivity index (χ2v) is 8.38. The van der Waals surface area contributed by atoms with Gasteiger partial charge in [-0.05, 0) is 42.0 Å². The van der Waals surface area contributed by atoms with E-state index < -0.39 is 11.5 Å². The minimum atomic E-state index is -0.440. The van der Waals surface area contributed by atoms with E-state index in [9.17, 15) is 9.59 Å². The number of hydrogen-bond donors (Lipinski definition) is 2. The van der Waals surface area contributed by atoms with Crippen molar-refractivity contribution in [2.75, 3.05) is 31.5 Å². The average molecular weight is 396 g/mol. The summed E-state index contributed by atoms with van der Waals surface area (Å²) >= 11 is 0. The molecule has 29 heavy (non-hydrogen) atoms. The number of rotatable bonds is 6. The lowest BCUT2D eigenvalue weighted by Crippen LogP contribution is -2.46. The van der Waals surface area contributed by atoms with E-state index in [-0.39, 0.29) is 11.5 Å². The van der Waals surface area contributed by atoms with Gasteiger partial charge in [0.2, 0.25) is 0 Å². The number of aromatic nitrogens is 2. The average Bonchev–Trinajstić information content (AvgIpc) is 3.55. The summed E-state index contributed by atoms with van der Waals surface area (Å²) in [6.07, 6.45) is 6.19. The fourth-order valence-electron chi connectivity index (χ4n) is 3.76. The van der Waals surface area contributed by atoms with Crippen molar-refractivity contribution in [1.29, 1.82) is 0 Å². The molecular formula is C22H29N5O2. The van der Waals surface area contributed by atoms with E-state index in [1.807, 2.05) is 19.9 Å². The molecule has 7 heteroatoms. The van der Waals surface area contributed by atoms with Crippen LogP contribution in [0.1, 0.15) is 54.1 Å². The third-order valence-corrected chi connectivity index (χ3v) is 5.78. The SMILES string of the molecule is CC(C)c1c[nH]c(=O)c(C(=O)Nc2ccc(CN3CCN(C4CC4)CC3)cn2)c1. The van der Waals surface area contributed by atoms with Crippen molar-refractivity contribution in [2.45, 2.75) is 45.2 Å². The van der Waals surface area contributed by atoms with Gasteiger partial charge >= 0.3 is 0 Å². The molecule has 2 N–H and O–H groups in total. The number of nitrogens with zero attached hydrogens (tertiary/aromatic N) is 3. The van der Waals surface area contributed by atoms with E-state index in [2.05, 4.69) is 25.1 Å². The number of carbonyl (C=O) groups is 1. The van der Waals surface area contributed by atoms with Crippen LogP contribution in [0.25, 0.3) is 0 Å². The van der Waals surface area contributed by atoms with Crippen LogP contribution >= 0.6 is 0 Å². The predicted molar refractivity (Wildman–Crippen MR) is 113 cm³/mol. The van der Waals surface area contributed by atoms with Crippen LogP contribution < -0.4 is 10.9 Å². The third-order valence-electron chi connectivity index (χ3n) is 5.78. The molecule has 0 unspecified atom stereocenters. The number of piperazine rings is 1. The first-order valence-corrected chi connectivity index (χ1v) is 10.4. The number of carbonyl (C=O) groups excluding carboxylic acids is 1. The highest BCUT2D eigenvalue weighted by Gasteiger charge is 2.31. The maximum atomic E-state index is 12.5. The molecule has 0 spiro atoms. The molecule has 2 fully saturated rings. The number of anilines is 1. The van der Waals surface area contributed by atoms with Gasteiger partial charge in [0.15, 0.2) is 0 Å². The van der Waals surface area contributed by atoms with E-state index in [0.717, 1.165) is 49.9 Å². The maximum absolute atomic E-state index is 12.5. The summed E-state index contributed by atoms with van der Waals surface area (Å²) in [5.41, 5.74) is 1.76. The van der Waals surface area contributed by atoms with Crippen LogP contribution in [0.4, 0.5) is 5.82 Å². The van der Waals surface area contributed by atoms with Gasteiger partial charge in [0.25, 0.3) is 11.5 Å². The van der Waals surface area contributed by atoms with Crippen LogP contribution in [0.15, 0.2) is 35.4 Å². The van der Waals surface area contributed by atoms with Gasteiger partial charge in [0, 0.05) is 51.2 Å². The summed E-state index contributed by atoms with van der Waals surface area (Å²) in [6.45, 7) is 9.37. The summed E-state index contributed by atoms with van der Waals surface area (Å²) in [4.78, 5) is 36.6. The lowest BCUT2D eigenvalue weighted by atomic mass is 10.0. The van der Waals surface area contributed by atoms with Gasteiger partial charge in [0.1, 0.15) is 11.4 Å². The third kappa shape index (κ3) is 4.92. The predicted octanol–water partition coefficient (Wildman–Crippen LogP) is 2.43. The fraction of sp³-hybridized carbons (Fsp3) is 0.500. The van der Waals surface area contributed by atoms with Crippen LogP contribution in [-0.2, 0) is 6.54 Å². The smallest absolute Gasteiger partial charge is 0.262 e. The molecule has 1 aliphatic heterocycles. The molecule has 0 bridgehead atoms. The number of hydrogen-bond acceptors (Lipinski definition) is 5. The lowest BCUT2D eigenvalue weighted by molar-refractivity contribution is 0.102. The largest absolute Gasteiger partial charge is 0.328 e. The Hall–Kier alpha value is -2.51. The highest BCUT2D eigenvalue weighted by molar-refractivity contribution is 6.03. The van der Waals surface area contributed by atoms with E-state index in [0.29, 0.717) is 5.82 Å². The quantitative estimate of drug-likeness (QED) is 0.785. The molecule has 0 atom stereocenters. The van der Waals surface area contributed by atoms with Crippen molar-refractivity contribution in [3.05, 3.63) is 57.6 Å². The molecule has 0 aromatic carbocycles. The summed E-state index contributed by atoms with van der Waals surface area (Å²) in [6, 6.07) is 6.28. The highest BCUT2D eigenvalue weighted by Crippen LogP contribution is 2.27. The summed E-state index contributed by atoms with van der Waals surface area (Å²) < 4.78 is 0. The fourth-order valence-corrected chi connectivity index (χ4v) is 3.76. The van der Waals surface area contributed by atoms with Gasteiger partial charge in [-0.15, -0.1) is 0 Å². The molecule has 2 aromatic rings. The number of nitrogens with one attached hydrogen (secondary N) is 2. The molecule has 1 aliphatic carbocycles. The Bertz CT molecular complexity index is 910. The normalized spacial score (nSPS) is 18.2. The van der Waals surface area contributed by atoms with Crippen LogP contribution in [-0.4, -0.2) is 57.9 Å². The zero-order valence-electron chi connectivity index (χ0n) is 17.1. The Labute approximate surface area is 171 Å². The van der Waals surface area contributed by atoms with Gasteiger partial charge < -0.3 is 10.3 Å². The van der Waals surface area contributed by atoms with Crippen molar-refractivity contribution in [2.24, 2.45) is 0 Å². The van der Waals surface area contributed by atoms with Crippen molar-refractivity contribution >= 4 is 11.7 Å². The number of pyridine rings is 2. The van der Waals surface area contributed by atoms with Gasteiger partial charge in [0.05, 0.1) is 0 Å². The Kier molecular flexibility index (Phi) is 5.78. The van der Waals surface area contributed by atoms with Crippen molar-refractivity contribution in [3.63, 3.8) is 0 Å². The van der Waals surface area contributed by atoms with Crippen molar-refractivity contribution < 1.29 is 4.79 Å². The van der Waals surface area contributed by atoms with Crippen LogP contribution in [0.2, 0.25) is 0 Å². The second-order valence-electron chi connectivity index (χ2n) is 8.38. The van der Waals surface area contributed by atoms with Crippen LogP contribution in [0, 0.1) is 0 Å². The second kappa shape index (κ2) is 8.47. The first-order chi connectivity index (χ1) is 14.0. The molecule has 1 saturated carbocycles. The lowest BCUT2D eigenvalue weighted by Gasteiger charge is -2.34. The van der Waals surface area contributed by atoms with E-state index in [1.54, 1.807) is 24.5 Å². The highest BCUT2D eigenvalue weighted by atomic mass is 16.2. The molecule has 0 radical (unpaired) electrons. The van der Waals surface area contributed by atoms with E-state index in [1.165, 1.54) is 12.8 Å². The molecule has 1 saturated heterocycles. The minimum absolute atomic E-state index is 0.107. The maximum Gasteiger partial charge on any atom is 0.262 e. The zero-order chi connectivity index (χ0) is 20.4. The minimum Gasteiger partial charge on any atom is -0.328 e. The molecule has 2 aromatic heterocycles. The molecular weight excluding hydrogens is 366 g/mol. The van der Waals surface area contributed by atoms with E-state index >= 15 is 0 Å². The molecule has 3 heterocycles. The van der Waals surface area contributed by atoms with Gasteiger partial charge in [-0.2, -0.15) is 0 Å². The van der Waals surface area contributed by atoms with Gasteiger partial charge in [-0.25, -0.2) is 4.98 Å². The van der Waals surface area contributed by atoms with Gasteiger partial charge in [-0.1, -0.05) is 19.9 Å². The van der Waals surface area contributed by atoms with Crippen molar-refractivity contribution in [3.8, 4) is 0 Å². The summed E-state index contributed by atoms with van der Waals surface area (Å²) in [7, 11) is 0. The van der Waals surface area contributed by atoms with E-state index in [4.69, 9.17) is 0 Å². The number of aromatic amines is 1. The molecule has 7 nitrogen and oxygen atoms in total. The van der Waals surface area contributed by atoms with Crippen LogP contribution in [0.3, 0.4) is 0 Å². The Balaban J connectivity index is 1.34. The number of H-pyrrole nitrogens is 1.